The second kappa shape index (κ2) is 5.42. The molecule has 0 saturated carbocycles. The molecular weight excluding hydrogens is 302 g/mol. The third-order valence-corrected chi connectivity index (χ3v) is 4.58. The minimum atomic E-state index is 0.0816. The summed E-state index contributed by atoms with van der Waals surface area (Å²) >= 11 is 0. The summed E-state index contributed by atoms with van der Waals surface area (Å²) in [7, 11) is 0. The molecule has 4 rings (SSSR count). The van der Waals surface area contributed by atoms with Gasteiger partial charge < -0.3 is 9.67 Å². The summed E-state index contributed by atoms with van der Waals surface area (Å²) in [5.41, 5.74) is 6.06. The lowest BCUT2D eigenvalue weighted by molar-refractivity contribution is 0.276. The molecule has 0 spiro atoms. The Morgan fingerprint density at radius 1 is 1.04 bits per heavy atom. The highest BCUT2D eigenvalue weighted by molar-refractivity contribution is 5.94. The lowest BCUT2D eigenvalue weighted by Crippen LogP contribution is -2.05. The van der Waals surface area contributed by atoms with Gasteiger partial charge in [-0.25, -0.2) is 14.5 Å². The Kier molecular flexibility index (Phi) is 3.35. The van der Waals surface area contributed by atoms with Gasteiger partial charge in [-0.1, -0.05) is 29.8 Å². The smallest absolute Gasteiger partial charge is 0.182 e. The number of aliphatic hydroxyl groups excluding tert-OH is 1. The van der Waals surface area contributed by atoms with E-state index in [0.717, 1.165) is 33.5 Å². The third-order valence-electron chi connectivity index (χ3n) is 4.58. The highest BCUT2D eigenvalue weighted by Crippen LogP contribution is 2.28. The van der Waals surface area contributed by atoms with Crippen molar-refractivity contribution >= 4 is 16.7 Å². The SMILES string of the molecule is Cc1ccc(-c2nc3c4c(C)c(C)n(CCO)c4ncn3n2)cc1. The number of nitrogens with zero attached hydrogens (tertiary/aromatic N) is 5. The molecule has 3 aromatic heterocycles. The standard InChI is InChI=1S/C18H19N5O/c1-11-4-6-14(7-5-11)16-20-18-15-12(2)13(3)22(8-9-24)17(15)19-10-23(18)21-16/h4-7,10,24H,8-9H2,1-3H3. The molecule has 0 saturated heterocycles. The summed E-state index contributed by atoms with van der Waals surface area (Å²) < 4.78 is 3.76. The molecule has 0 aliphatic heterocycles. The molecule has 122 valence electrons. The topological polar surface area (TPSA) is 68.2 Å². The molecular formula is C18H19N5O. The number of hydrogen-bond acceptors (Lipinski definition) is 4. The summed E-state index contributed by atoms with van der Waals surface area (Å²) in [6.45, 7) is 6.77. The minimum absolute atomic E-state index is 0.0816. The molecule has 0 bridgehead atoms. The van der Waals surface area contributed by atoms with Crippen LogP contribution in [0.2, 0.25) is 0 Å². The van der Waals surface area contributed by atoms with E-state index in [0.29, 0.717) is 12.4 Å². The Bertz CT molecular complexity index is 1040. The fourth-order valence-electron chi connectivity index (χ4n) is 3.13. The Morgan fingerprint density at radius 2 is 1.79 bits per heavy atom. The number of aryl methyl sites for hydroxylation is 2. The van der Waals surface area contributed by atoms with Crippen molar-refractivity contribution in [2.45, 2.75) is 27.3 Å². The van der Waals surface area contributed by atoms with E-state index < -0.39 is 0 Å². The minimum Gasteiger partial charge on any atom is -0.395 e. The highest BCUT2D eigenvalue weighted by atomic mass is 16.3. The van der Waals surface area contributed by atoms with Crippen LogP contribution in [-0.4, -0.2) is 35.9 Å². The van der Waals surface area contributed by atoms with Gasteiger partial charge in [-0.15, -0.1) is 5.10 Å². The Morgan fingerprint density at radius 3 is 2.50 bits per heavy atom. The molecule has 0 aliphatic carbocycles. The molecule has 0 amide bonds. The fourth-order valence-corrected chi connectivity index (χ4v) is 3.13. The van der Waals surface area contributed by atoms with Crippen LogP contribution in [0.5, 0.6) is 0 Å². The van der Waals surface area contributed by atoms with Crippen LogP contribution in [-0.2, 0) is 6.54 Å². The first kappa shape index (κ1) is 14.8. The molecule has 1 N–H and O–H groups in total. The van der Waals surface area contributed by atoms with Gasteiger partial charge in [-0.05, 0) is 26.3 Å². The van der Waals surface area contributed by atoms with Gasteiger partial charge >= 0.3 is 0 Å². The monoisotopic (exact) mass is 321 g/mol. The second-order valence-electron chi connectivity index (χ2n) is 6.10. The maximum Gasteiger partial charge on any atom is 0.182 e. The molecule has 0 aliphatic rings. The van der Waals surface area contributed by atoms with Crippen LogP contribution < -0.4 is 0 Å². The summed E-state index contributed by atoms with van der Waals surface area (Å²) in [5, 5.41) is 14.9. The van der Waals surface area contributed by atoms with E-state index in [2.05, 4.69) is 36.1 Å². The van der Waals surface area contributed by atoms with Crippen molar-refractivity contribution in [1.82, 2.24) is 24.1 Å². The summed E-state index contributed by atoms with van der Waals surface area (Å²) in [4.78, 5) is 9.30. The number of benzene rings is 1. The average Bonchev–Trinajstić information content (AvgIpc) is 3.11. The molecule has 3 heterocycles. The normalized spacial score (nSPS) is 11.7. The Balaban J connectivity index is 1.98. The molecule has 1 aromatic carbocycles. The van der Waals surface area contributed by atoms with Crippen LogP contribution in [0.15, 0.2) is 30.6 Å². The maximum atomic E-state index is 9.32. The summed E-state index contributed by atoms with van der Waals surface area (Å²) in [6.07, 6.45) is 1.69. The number of aliphatic hydroxyl groups is 1. The summed E-state index contributed by atoms with van der Waals surface area (Å²) in [6, 6.07) is 8.18. The van der Waals surface area contributed by atoms with Gasteiger partial charge in [0.2, 0.25) is 0 Å². The van der Waals surface area contributed by atoms with E-state index in [-0.39, 0.29) is 6.61 Å². The van der Waals surface area contributed by atoms with Crippen LogP contribution in [0, 0.1) is 20.8 Å². The van der Waals surface area contributed by atoms with Crippen LogP contribution in [0.1, 0.15) is 16.8 Å². The Labute approximate surface area is 139 Å². The van der Waals surface area contributed by atoms with Crippen molar-refractivity contribution in [1.29, 1.82) is 0 Å². The first-order valence-corrected chi connectivity index (χ1v) is 7.99. The van der Waals surface area contributed by atoms with Gasteiger partial charge in [0.05, 0.1) is 12.0 Å². The number of aromatic nitrogens is 5. The Hall–Kier alpha value is -2.73. The highest BCUT2D eigenvalue weighted by Gasteiger charge is 2.18. The molecule has 0 fully saturated rings. The van der Waals surface area contributed by atoms with E-state index >= 15 is 0 Å². The molecule has 0 atom stereocenters. The van der Waals surface area contributed by atoms with Gasteiger partial charge in [0.15, 0.2) is 11.5 Å². The average molecular weight is 321 g/mol. The van der Waals surface area contributed by atoms with Crippen LogP contribution in [0.25, 0.3) is 28.1 Å². The zero-order valence-corrected chi connectivity index (χ0v) is 14.0. The molecule has 6 heteroatoms. The lowest BCUT2D eigenvalue weighted by atomic mass is 10.1. The quantitative estimate of drug-likeness (QED) is 0.630. The van der Waals surface area contributed by atoms with Gasteiger partial charge in [0, 0.05) is 17.8 Å². The van der Waals surface area contributed by atoms with Gasteiger partial charge in [-0.3, -0.25) is 0 Å². The number of rotatable bonds is 3. The van der Waals surface area contributed by atoms with Gasteiger partial charge in [-0.2, -0.15) is 0 Å². The van der Waals surface area contributed by atoms with E-state index in [1.165, 1.54) is 5.56 Å². The first-order valence-electron chi connectivity index (χ1n) is 7.99. The van der Waals surface area contributed by atoms with Crippen LogP contribution in [0.3, 0.4) is 0 Å². The summed E-state index contributed by atoms with van der Waals surface area (Å²) in [5.74, 6) is 0.691. The van der Waals surface area contributed by atoms with Crippen molar-refractivity contribution in [3.05, 3.63) is 47.4 Å². The predicted molar refractivity (Wildman–Crippen MR) is 93.0 cm³/mol. The van der Waals surface area contributed by atoms with Crippen LogP contribution >= 0.6 is 0 Å². The third kappa shape index (κ3) is 2.11. The van der Waals surface area contributed by atoms with Crippen molar-refractivity contribution in [3.63, 3.8) is 0 Å². The van der Waals surface area contributed by atoms with E-state index in [1.807, 2.05) is 23.6 Å². The van der Waals surface area contributed by atoms with Crippen molar-refractivity contribution in [3.8, 4) is 11.4 Å². The molecule has 0 unspecified atom stereocenters. The molecule has 24 heavy (non-hydrogen) atoms. The molecule has 6 nitrogen and oxygen atoms in total. The second-order valence-corrected chi connectivity index (χ2v) is 6.10. The van der Waals surface area contributed by atoms with Gasteiger partial charge in [0.25, 0.3) is 0 Å². The first-order chi connectivity index (χ1) is 11.6. The van der Waals surface area contributed by atoms with E-state index in [1.54, 1.807) is 10.8 Å². The molecule has 4 aromatic rings. The largest absolute Gasteiger partial charge is 0.395 e. The maximum absolute atomic E-state index is 9.32. The number of hydrogen-bond donors (Lipinski definition) is 1. The van der Waals surface area contributed by atoms with Gasteiger partial charge in [0.1, 0.15) is 12.0 Å². The van der Waals surface area contributed by atoms with E-state index in [4.69, 9.17) is 4.98 Å². The lowest BCUT2D eigenvalue weighted by Gasteiger charge is -2.04. The zero-order valence-electron chi connectivity index (χ0n) is 14.0. The fraction of sp³-hybridized carbons (Fsp3) is 0.278. The van der Waals surface area contributed by atoms with Crippen molar-refractivity contribution < 1.29 is 5.11 Å². The number of fused-ring (bicyclic) bond motifs is 3. The van der Waals surface area contributed by atoms with Crippen molar-refractivity contribution in [2.24, 2.45) is 0 Å². The zero-order chi connectivity index (χ0) is 16.8. The van der Waals surface area contributed by atoms with Crippen LogP contribution in [0.4, 0.5) is 0 Å². The molecule has 0 radical (unpaired) electrons. The van der Waals surface area contributed by atoms with Crippen molar-refractivity contribution in [2.75, 3.05) is 6.61 Å². The van der Waals surface area contributed by atoms with E-state index in [9.17, 15) is 5.11 Å². The predicted octanol–water partition coefficient (Wildman–Crippen LogP) is 2.66.